The molecule has 1 aromatic carbocycles. The Morgan fingerprint density at radius 3 is 2.80 bits per heavy atom. The van der Waals surface area contributed by atoms with E-state index in [2.05, 4.69) is 11.2 Å². The lowest BCUT2D eigenvalue weighted by Gasteiger charge is -2.16. The van der Waals surface area contributed by atoms with E-state index < -0.39 is 5.79 Å². The number of ether oxygens (including phenoxy) is 2. The normalized spacial score (nSPS) is 15.8. The molecule has 0 saturated carbocycles. The molecule has 0 saturated heterocycles. The van der Waals surface area contributed by atoms with Crippen LogP contribution >= 0.6 is 0 Å². The Morgan fingerprint density at radius 2 is 2.07 bits per heavy atom. The fraction of sp³-hybridized carbons (Fsp3) is 0.333. The molecule has 0 unspecified atom stereocenters. The molecule has 1 aliphatic heterocycles. The molecule has 3 nitrogen and oxygen atoms in total. The summed E-state index contributed by atoms with van der Waals surface area (Å²) in [6, 6.07) is 5.69. The highest BCUT2D eigenvalue weighted by Crippen LogP contribution is 2.40. The summed E-state index contributed by atoms with van der Waals surface area (Å²) in [5, 5.41) is 3.08. The average molecular weight is 203 g/mol. The van der Waals surface area contributed by atoms with Gasteiger partial charge in [0.15, 0.2) is 11.5 Å². The smallest absolute Gasteiger partial charge is 0.246 e. The van der Waals surface area contributed by atoms with Gasteiger partial charge in [0.05, 0.1) is 6.54 Å². The van der Waals surface area contributed by atoms with Crippen molar-refractivity contribution in [3.8, 4) is 23.8 Å². The Kier molecular flexibility index (Phi) is 2.20. The minimum absolute atomic E-state index is 0.503. The monoisotopic (exact) mass is 203 g/mol. The van der Waals surface area contributed by atoms with E-state index in [0.717, 1.165) is 17.2 Å². The van der Waals surface area contributed by atoms with Crippen molar-refractivity contribution in [2.24, 2.45) is 0 Å². The zero-order valence-electron chi connectivity index (χ0n) is 8.83. The van der Waals surface area contributed by atoms with Gasteiger partial charge < -0.3 is 14.8 Å². The van der Waals surface area contributed by atoms with E-state index in [-0.39, 0.29) is 0 Å². The molecule has 0 atom stereocenters. The van der Waals surface area contributed by atoms with Crippen molar-refractivity contribution < 1.29 is 9.47 Å². The van der Waals surface area contributed by atoms with Crippen LogP contribution in [0.2, 0.25) is 0 Å². The lowest BCUT2D eigenvalue weighted by molar-refractivity contribution is -0.0431. The Hall–Kier alpha value is -1.82. The highest BCUT2D eigenvalue weighted by atomic mass is 16.7. The number of benzene rings is 1. The molecular weight excluding hydrogens is 190 g/mol. The molecule has 1 aromatic rings. The molecular formula is C12H13NO2. The van der Waals surface area contributed by atoms with Crippen LogP contribution in [-0.2, 0) is 0 Å². The number of anilines is 1. The number of nitrogens with one attached hydrogen (secondary N) is 1. The third-order valence-corrected chi connectivity index (χ3v) is 2.05. The van der Waals surface area contributed by atoms with Gasteiger partial charge in [-0.1, -0.05) is 5.92 Å². The van der Waals surface area contributed by atoms with E-state index >= 15 is 0 Å². The number of hydrogen-bond acceptors (Lipinski definition) is 3. The van der Waals surface area contributed by atoms with E-state index in [4.69, 9.17) is 15.9 Å². The maximum atomic E-state index is 5.60. The summed E-state index contributed by atoms with van der Waals surface area (Å²) in [5.74, 6) is 3.46. The largest absolute Gasteiger partial charge is 0.449 e. The molecule has 0 aliphatic carbocycles. The predicted octanol–water partition coefficient (Wildman–Crippen LogP) is 2.24. The highest BCUT2D eigenvalue weighted by molar-refractivity contribution is 5.56. The van der Waals surface area contributed by atoms with Gasteiger partial charge in [0.2, 0.25) is 5.79 Å². The fourth-order valence-corrected chi connectivity index (χ4v) is 1.49. The molecule has 1 N–H and O–H groups in total. The summed E-state index contributed by atoms with van der Waals surface area (Å²) in [7, 11) is 0. The second-order valence-electron chi connectivity index (χ2n) is 3.82. The van der Waals surface area contributed by atoms with Gasteiger partial charge in [-0.25, -0.2) is 0 Å². The third-order valence-electron chi connectivity index (χ3n) is 2.05. The molecule has 0 spiro atoms. The molecule has 78 valence electrons. The van der Waals surface area contributed by atoms with Crippen molar-refractivity contribution in [2.45, 2.75) is 19.6 Å². The van der Waals surface area contributed by atoms with Crippen molar-refractivity contribution in [1.29, 1.82) is 0 Å². The van der Waals surface area contributed by atoms with Gasteiger partial charge in [0.25, 0.3) is 0 Å². The first-order valence-electron chi connectivity index (χ1n) is 4.80. The first-order chi connectivity index (χ1) is 7.11. The molecule has 1 aliphatic rings. The first kappa shape index (κ1) is 9.72. The van der Waals surface area contributed by atoms with Crippen LogP contribution in [0.1, 0.15) is 13.8 Å². The maximum absolute atomic E-state index is 5.60. The van der Waals surface area contributed by atoms with Crippen LogP contribution in [0.25, 0.3) is 0 Å². The number of hydrogen-bond donors (Lipinski definition) is 1. The number of terminal acetylenes is 1. The topological polar surface area (TPSA) is 30.5 Å². The van der Waals surface area contributed by atoms with Crippen LogP contribution in [-0.4, -0.2) is 12.3 Å². The molecule has 3 heteroatoms. The van der Waals surface area contributed by atoms with E-state index in [1.54, 1.807) is 0 Å². The van der Waals surface area contributed by atoms with Crippen LogP contribution in [0, 0.1) is 12.3 Å². The molecule has 2 rings (SSSR count). The standard InChI is InChI=1S/C12H13NO2/c1-4-7-13-9-5-6-10-11(8-9)15-12(2,3)14-10/h1,5-6,8,13H,7H2,2-3H3. The summed E-state index contributed by atoms with van der Waals surface area (Å²) >= 11 is 0. The van der Waals surface area contributed by atoms with Crippen LogP contribution in [0.3, 0.4) is 0 Å². The Labute approximate surface area is 89.4 Å². The Bertz CT molecular complexity index is 418. The van der Waals surface area contributed by atoms with E-state index in [9.17, 15) is 0 Å². The maximum Gasteiger partial charge on any atom is 0.246 e. The van der Waals surface area contributed by atoms with Gasteiger partial charge in [-0.3, -0.25) is 0 Å². The van der Waals surface area contributed by atoms with Gasteiger partial charge in [-0.05, 0) is 12.1 Å². The summed E-state index contributed by atoms with van der Waals surface area (Å²) in [6.45, 7) is 4.26. The minimum Gasteiger partial charge on any atom is -0.449 e. The number of fused-ring (bicyclic) bond motifs is 1. The molecule has 0 fully saturated rings. The Balaban J connectivity index is 2.20. The van der Waals surface area contributed by atoms with Gasteiger partial charge in [-0.15, -0.1) is 6.42 Å². The zero-order chi connectivity index (χ0) is 10.9. The van der Waals surface area contributed by atoms with Gasteiger partial charge in [0.1, 0.15) is 0 Å². The van der Waals surface area contributed by atoms with E-state index in [1.165, 1.54) is 0 Å². The zero-order valence-corrected chi connectivity index (χ0v) is 8.83. The second-order valence-corrected chi connectivity index (χ2v) is 3.82. The Morgan fingerprint density at radius 1 is 1.33 bits per heavy atom. The summed E-state index contributed by atoms with van der Waals surface area (Å²) < 4.78 is 11.2. The van der Waals surface area contributed by atoms with Crippen molar-refractivity contribution in [3.63, 3.8) is 0 Å². The van der Waals surface area contributed by atoms with Gasteiger partial charge >= 0.3 is 0 Å². The minimum atomic E-state index is -0.576. The number of rotatable bonds is 2. The fourth-order valence-electron chi connectivity index (χ4n) is 1.49. The lowest BCUT2D eigenvalue weighted by Crippen LogP contribution is -2.29. The molecule has 0 aromatic heterocycles. The SMILES string of the molecule is C#CCNc1ccc2c(c1)OC(C)(C)O2. The molecule has 0 bridgehead atoms. The first-order valence-corrected chi connectivity index (χ1v) is 4.80. The lowest BCUT2D eigenvalue weighted by atomic mass is 10.3. The average Bonchev–Trinajstić information content (AvgIpc) is 2.47. The van der Waals surface area contributed by atoms with E-state index in [0.29, 0.717) is 6.54 Å². The van der Waals surface area contributed by atoms with Crippen LogP contribution in [0.15, 0.2) is 18.2 Å². The highest BCUT2D eigenvalue weighted by Gasteiger charge is 2.31. The van der Waals surface area contributed by atoms with Crippen LogP contribution in [0.4, 0.5) is 5.69 Å². The molecule has 1 heterocycles. The van der Waals surface area contributed by atoms with Gasteiger partial charge in [0, 0.05) is 25.6 Å². The quantitative estimate of drug-likeness (QED) is 0.748. The second kappa shape index (κ2) is 3.39. The van der Waals surface area contributed by atoms with Gasteiger partial charge in [-0.2, -0.15) is 0 Å². The molecule has 0 amide bonds. The predicted molar refractivity (Wildman–Crippen MR) is 59.1 cm³/mol. The van der Waals surface area contributed by atoms with Crippen molar-refractivity contribution >= 4 is 5.69 Å². The molecule has 0 radical (unpaired) electrons. The van der Waals surface area contributed by atoms with Crippen LogP contribution in [0.5, 0.6) is 11.5 Å². The van der Waals surface area contributed by atoms with Crippen molar-refractivity contribution in [2.75, 3.05) is 11.9 Å². The summed E-state index contributed by atoms with van der Waals surface area (Å²) in [5.41, 5.74) is 0.938. The molecule has 15 heavy (non-hydrogen) atoms. The summed E-state index contributed by atoms with van der Waals surface area (Å²) in [4.78, 5) is 0. The summed E-state index contributed by atoms with van der Waals surface area (Å²) in [6.07, 6.45) is 5.16. The van der Waals surface area contributed by atoms with Crippen molar-refractivity contribution in [3.05, 3.63) is 18.2 Å². The third kappa shape index (κ3) is 1.99. The van der Waals surface area contributed by atoms with Crippen LogP contribution < -0.4 is 14.8 Å². The van der Waals surface area contributed by atoms with Crippen molar-refractivity contribution in [1.82, 2.24) is 0 Å². The van der Waals surface area contributed by atoms with E-state index in [1.807, 2.05) is 32.0 Å².